The standard InChI is InChI=1S/C25H23F7O/c1-4-19(20(14-24(28,29)23(26)27)16-8-6-5-7-9-16)21(15(2)3)22(33)17-10-12-18(13-11-17)25(30,31)32/h5-13,20,23H,2,4,14H2,1,3H3/b21-19-. The molecule has 2 aromatic rings. The molecule has 0 amide bonds. The normalized spacial score (nSPS) is 14.1. The molecule has 2 aromatic carbocycles. The lowest BCUT2D eigenvalue weighted by atomic mass is 9.79. The van der Waals surface area contributed by atoms with Gasteiger partial charge in [-0.1, -0.05) is 61.5 Å². The van der Waals surface area contributed by atoms with Crippen molar-refractivity contribution < 1.29 is 35.5 Å². The quantitative estimate of drug-likeness (QED) is 0.155. The second-order valence-electron chi connectivity index (χ2n) is 7.67. The summed E-state index contributed by atoms with van der Waals surface area (Å²) < 4.78 is 92.9. The zero-order chi connectivity index (χ0) is 25.0. The van der Waals surface area contributed by atoms with Crippen LogP contribution in [0, 0.1) is 0 Å². The van der Waals surface area contributed by atoms with Crippen LogP contribution in [-0.4, -0.2) is 18.1 Å². The molecule has 1 unspecified atom stereocenters. The fourth-order valence-electron chi connectivity index (χ4n) is 3.65. The van der Waals surface area contributed by atoms with Gasteiger partial charge in [0.15, 0.2) is 5.78 Å². The number of alkyl halides is 7. The van der Waals surface area contributed by atoms with E-state index < -0.39 is 42.2 Å². The Labute approximate surface area is 187 Å². The molecule has 1 nitrogen and oxygen atoms in total. The van der Waals surface area contributed by atoms with Crippen molar-refractivity contribution in [3.8, 4) is 0 Å². The van der Waals surface area contributed by atoms with Crippen LogP contribution in [0.25, 0.3) is 0 Å². The van der Waals surface area contributed by atoms with E-state index in [0.717, 1.165) is 24.3 Å². The third-order valence-electron chi connectivity index (χ3n) is 5.25. The topological polar surface area (TPSA) is 17.1 Å². The van der Waals surface area contributed by atoms with Crippen LogP contribution < -0.4 is 0 Å². The van der Waals surface area contributed by atoms with Crippen molar-refractivity contribution in [3.63, 3.8) is 0 Å². The number of carbonyl (C=O) groups is 1. The predicted molar refractivity (Wildman–Crippen MR) is 113 cm³/mol. The van der Waals surface area contributed by atoms with Gasteiger partial charge in [-0.3, -0.25) is 4.79 Å². The molecule has 0 saturated heterocycles. The van der Waals surface area contributed by atoms with Crippen molar-refractivity contribution >= 4 is 5.78 Å². The maximum Gasteiger partial charge on any atom is 0.416 e. The lowest BCUT2D eigenvalue weighted by Crippen LogP contribution is -2.30. The maximum atomic E-state index is 14.1. The van der Waals surface area contributed by atoms with Crippen molar-refractivity contribution in [1.29, 1.82) is 0 Å². The lowest BCUT2D eigenvalue weighted by Gasteiger charge is -2.27. The molecule has 0 aliphatic heterocycles. The third-order valence-corrected chi connectivity index (χ3v) is 5.25. The molecule has 1 atom stereocenters. The number of carbonyl (C=O) groups excluding carboxylic acids is 1. The summed E-state index contributed by atoms with van der Waals surface area (Å²) in [5.41, 5.74) is -0.435. The zero-order valence-corrected chi connectivity index (χ0v) is 18.0. The van der Waals surface area contributed by atoms with E-state index in [4.69, 9.17) is 0 Å². The van der Waals surface area contributed by atoms with Crippen molar-refractivity contribution in [2.75, 3.05) is 0 Å². The van der Waals surface area contributed by atoms with Gasteiger partial charge >= 0.3 is 18.5 Å². The number of hydrogen-bond donors (Lipinski definition) is 0. The Kier molecular flexibility index (Phi) is 8.27. The summed E-state index contributed by atoms with van der Waals surface area (Å²) in [6.45, 7) is 6.79. The minimum absolute atomic E-state index is 0.0591. The van der Waals surface area contributed by atoms with Gasteiger partial charge in [-0.05, 0) is 36.6 Å². The van der Waals surface area contributed by atoms with Crippen molar-refractivity contribution in [2.24, 2.45) is 0 Å². The smallest absolute Gasteiger partial charge is 0.289 e. The maximum absolute atomic E-state index is 14.1. The second-order valence-corrected chi connectivity index (χ2v) is 7.67. The van der Waals surface area contributed by atoms with Crippen LogP contribution in [0.15, 0.2) is 77.9 Å². The van der Waals surface area contributed by atoms with Gasteiger partial charge in [-0.25, -0.2) is 17.6 Å². The summed E-state index contributed by atoms with van der Waals surface area (Å²) >= 11 is 0. The molecule has 8 heteroatoms. The summed E-state index contributed by atoms with van der Waals surface area (Å²) in [4.78, 5) is 13.2. The fourth-order valence-corrected chi connectivity index (χ4v) is 3.65. The minimum atomic E-state index is -4.59. The Bertz CT molecular complexity index is 1000. The molecule has 2 rings (SSSR count). The summed E-state index contributed by atoms with van der Waals surface area (Å²) in [5.74, 6) is -6.27. The van der Waals surface area contributed by atoms with Gasteiger partial charge in [0.2, 0.25) is 0 Å². The first kappa shape index (κ1) is 26.4. The number of allylic oxidation sites excluding steroid dienone is 3. The molecule has 0 aliphatic carbocycles. The molecule has 33 heavy (non-hydrogen) atoms. The fraction of sp³-hybridized carbons (Fsp3) is 0.320. The van der Waals surface area contributed by atoms with Gasteiger partial charge < -0.3 is 0 Å². The van der Waals surface area contributed by atoms with E-state index in [-0.39, 0.29) is 28.7 Å². The molecule has 0 saturated carbocycles. The highest BCUT2D eigenvalue weighted by Crippen LogP contribution is 2.42. The van der Waals surface area contributed by atoms with Crippen LogP contribution in [0.5, 0.6) is 0 Å². The van der Waals surface area contributed by atoms with Crippen molar-refractivity contribution in [2.45, 2.75) is 51.1 Å². The minimum Gasteiger partial charge on any atom is -0.289 e. The number of halogens is 7. The molecule has 0 bridgehead atoms. The SMILES string of the molecule is C=C(C)/C(C(=O)c1ccc(C(F)(F)F)cc1)=C(\CC)C(CC(F)(F)C(F)F)c1ccccc1. The predicted octanol–water partition coefficient (Wildman–Crippen LogP) is 8.25. The van der Waals surface area contributed by atoms with Crippen LogP contribution >= 0.6 is 0 Å². The van der Waals surface area contributed by atoms with Gasteiger partial charge in [0.25, 0.3) is 0 Å². The highest BCUT2D eigenvalue weighted by atomic mass is 19.4. The van der Waals surface area contributed by atoms with Crippen molar-refractivity contribution in [1.82, 2.24) is 0 Å². The second kappa shape index (κ2) is 10.4. The first-order valence-corrected chi connectivity index (χ1v) is 10.1. The molecule has 0 aromatic heterocycles. The summed E-state index contributed by atoms with van der Waals surface area (Å²) in [7, 11) is 0. The largest absolute Gasteiger partial charge is 0.416 e. The number of ketones is 1. The third kappa shape index (κ3) is 6.33. The number of hydrogen-bond acceptors (Lipinski definition) is 1. The highest BCUT2D eigenvalue weighted by molar-refractivity contribution is 6.12. The summed E-state index contributed by atoms with van der Waals surface area (Å²) in [5, 5.41) is 0. The van der Waals surface area contributed by atoms with Crippen LogP contribution in [0.1, 0.15) is 54.1 Å². The van der Waals surface area contributed by atoms with Crippen LogP contribution in [0.4, 0.5) is 30.7 Å². The van der Waals surface area contributed by atoms with Crippen LogP contribution in [-0.2, 0) is 6.18 Å². The highest BCUT2D eigenvalue weighted by Gasteiger charge is 2.44. The lowest BCUT2D eigenvalue weighted by molar-refractivity contribution is -0.137. The molecule has 0 radical (unpaired) electrons. The Morgan fingerprint density at radius 1 is 0.939 bits per heavy atom. The summed E-state index contributed by atoms with van der Waals surface area (Å²) in [6.07, 6.45) is -9.68. The molecule has 0 N–H and O–H groups in total. The zero-order valence-electron chi connectivity index (χ0n) is 18.0. The molecular formula is C25H23F7O. The van der Waals surface area contributed by atoms with Gasteiger partial charge in [-0.2, -0.15) is 13.2 Å². The molecule has 0 spiro atoms. The molecule has 178 valence electrons. The monoisotopic (exact) mass is 472 g/mol. The Hall–Kier alpha value is -2.90. The first-order valence-electron chi connectivity index (χ1n) is 10.1. The van der Waals surface area contributed by atoms with E-state index in [1.165, 1.54) is 19.1 Å². The summed E-state index contributed by atoms with van der Waals surface area (Å²) in [6, 6.07) is 11.2. The van der Waals surface area contributed by atoms with E-state index in [1.54, 1.807) is 25.1 Å². The van der Waals surface area contributed by atoms with Gasteiger partial charge in [0.1, 0.15) is 0 Å². The Morgan fingerprint density at radius 3 is 1.91 bits per heavy atom. The average molecular weight is 472 g/mol. The van der Waals surface area contributed by atoms with E-state index in [1.807, 2.05) is 0 Å². The number of rotatable bonds is 9. The molecule has 0 aliphatic rings. The van der Waals surface area contributed by atoms with Gasteiger partial charge in [0, 0.05) is 23.5 Å². The van der Waals surface area contributed by atoms with Crippen molar-refractivity contribution in [3.05, 3.63) is 94.6 Å². The Balaban J connectivity index is 2.66. The van der Waals surface area contributed by atoms with Gasteiger partial charge in [-0.15, -0.1) is 0 Å². The molecular weight excluding hydrogens is 449 g/mol. The molecule has 0 heterocycles. The Morgan fingerprint density at radius 2 is 1.48 bits per heavy atom. The van der Waals surface area contributed by atoms with E-state index in [2.05, 4.69) is 6.58 Å². The van der Waals surface area contributed by atoms with E-state index in [9.17, 15) is 35.5 Å². The van der Waals surface area contributed by atoms with E-state index in [0.29, 0.717) is 5.56 Å². The van der Waals surface area contributed by atoms with E-state index >= 15 is 0 Å². The average Bonchev–Trinajstić information content (AvgIpc) is 2.75. The van der Waals surface area contributed by atoms with Gasteiger partial charge in [0.05, 0.1) is 5.56 Å². The number of benzene rings is 2. The van der Waals surface area contributed by atoms with Crippen LogP contribution in [0.2, 0.25) is 0 Å². The number of Topliss-reactive ketones (excluding diaryl/α,β-unsaturated/α-hetero) is 1. The van der Waals surface area contributed by atoms with Crippen LogP contribution in [0.3, 0.4) is 0 Å². The molecule has 0 fully saturated rings. The first-order chi connectivity index (χ1) is 15.3.